The lowest BCUT2D eigenvalue weighted by Gasteiger charge is -2.31. The highest BCUT2D eigenvalue weighted by atomic mass is 16.8. The minimum Gasteiger partial charge on any atom is -0.456 e. The van der Waals surface area contributed by atoms with Crippen LogP contribution in [0.15, 0.2) is 42.0 Å². The molecule has 4 aliphatic rings. The van der Waals surface area contributed by atoms with Crippen LogP contribution in [0.1, 0.15) is 54.9 Å². The third-order valence-electron chi connectivity index (χ3n) is 8.43. The quantitative estimate of drug-likeness (QED) is 0.199. The third kappa shape index (κ3) is 7.04. The standard InChI is InChI=1S/C32H41N3O9/c1-18(37)27(30(40)33-14-15-36)34-29(39)21-16-24(28-25(17-21)43-32(44-28,22-9-10-22)23-11-12-23)42-31(41)20-7-4-19(5-8-20)6-13-26(38)35(2)3/h4-8,13,17-18,22-25,27-28,36-37H,9-12,14-16H2,1-3H3,(H,33,40)(H,34,39)/t18-,24+,25+,27+,28-/m0/s1. The van der Waals surface area contributed by atoms with Gasteiger partial charge in [0, 0.05) is 50.5 Å². The number of nitrogens with one attached hydrogen (secondary N) is 2. The maximum absolute atomic E-state index is 13.4. The number of ether oxygens (including phenoxy) is 3. The summed E-state index contributed by atoms with van der Waals surface area (Å²) in [5, 5.41) is 24.3. The van der Waals surface area contributed by atoms with Crippen molar-refractivity contribution in [2.75, 3.05) is 27.2 Å². The van der Waals surface area contributed by atoms with Crippen LogP contribution < -0.4 is 10.6 Å². The number of rotatable bonds is 12. The van der Waals surface area contributed by atoms with Gasteiger partial charge in [0.1, 0.15) is 24.4 Å². The lowest BCUT2D eigenvalue weighted by molar-refractivity contribution is -0.209. The van der Waals surface area contributed by atoms with Crippen molar-refractivity contribution in [1.82, 2.24) is 15.5 Å². The van der Waals surface area contributed by atoms with E-state index in [1.807, 2.05) is 0 Å². The number of nitrogens with zero attached hydrogens (tertiary/aromatic N) is 1. The molecular formula is C32H41N3O9. The number of amides is 3. The largest absolute Gasteiger partial charge is 0.456 e. The van der Waals surface area contributed by atoms with Gasteiger partial charge in [0.2, 0.25) is 17.7 Å². The predicted molar refractivity (Wildman–Crippen MR) is 158 cm³/mol. The number of benzene rings is 1. The fourth-order valence-corrected chi connectivity index (χ4v) is 5.75. The molecule has 0 unspecified atom stereocenters. The van der Waals surface area contributed by atoms with Crippen molar-refractivity contribution in [2.45, 2.75) is 75.3 Å². The second kappa shape index (κ2) is 13.2. The summed E-state index contributed by atoms with van der Waals surface area (Å²) in [7, 11) is 3.32. The lowest BCUT2D eigenvalue weighted by Crippen LogP contribution is -2.54. The lowest BCUT2D eigenvalue weighted by atomic mass is 9.91. The van der Waals surface area contributed by atoms with E-state index >= 15 is 0 Å². The van der Waals surface area contributed by atoms with Gasteiger partial charge in [-0.05, 0) is 62.5 Å². The Bertz CT molecular complexity index is 1300. The van der Waals surface area contributed by atoms with Crippen LogP contribution in [0, 0.1) is 11.8 Å². The molecule has 4 N–H and O–H groups in total. The van der Waals surface area contributed by atoms with Crippen LogP contribution in [0.3, 0.4) is 0 Å². The first-order chi connectivity index (χ1) is 21.0. The molecule has 5 rings (SSSR count). The van der Waals surface area contributed by atoms with E-state index in [0.717, 1.165) is 31.2 Å². The van der Waals surface area contributed by atoms with Gasteiger partial charge in [-0.2, -0.15) is 0 Å². The van der Waals surface area contributed by atoms with E-state index in [1.165, 1.54) is 17.9 Å². The highest BCUT2D eigenvalue weighted by Gasteiger charge is 2.64. The van der Waals surface area contributed by atoms with E-state index < -0.39 is 54.0 Å². The average molecular weight is 612 g/mol. The summed E-state index contributed by atoms with van der Waals surface area (Å²) in [5.41, 5.74) is 1.28. The van der Waals surface area contributed by atoms with Crippen molar-refractivity contribution in [3.8, 4) is 0 Å². The van der Waals surface area contributed by atoms with Crippen LogP contribution in [0.2, 0.25) is 0 Å². The van der Waals surface area contributed by atoms with Gasteiger partial charge in [-0.25, -0.2) is 4.79 Å². The molecule has 12 heteroatoms. The number of fused-ring (bicyclic) bond motifs is 1. The van der Waals surface area contributed by atoms with E-state index in [1.54, 1.807) is 50.5 Å². The molecule has 238 valence electrons. The Hall–Kier alpha value is -3.58. The molecule has 12 nitrogen and oxygen atoms in total. The molecule has 2 saturated carbocycles. The number of hydrogen-bond donors (Lipinski definition) is 4. The molecule has 5 atom stereocenters. The van der Waals surface area contributed by atoms with Crippen LogP contribution in [-0.2, 0) is 28.6 Å². The van der Waals surface area contributed by atoms with Crippen LogP contribution in [0.25, 0.3) is 6.08 Å². The first-order valence-electron chi connectivity index (χ1n) is 15.2. The third-order valence-corrected chi connectivity index (χ3v) is 8.43. The van der Waals surface area contributed by atoms with Crippen molar-refractivity contribution in [2.24, 2.45) is 11.8 Å². The summed E-state index contributed by atoms with van der Waals surface area (Å²) in [6, 6.07) is 5.37. The van der Waals surface area contributed by atoms with Gasteiger partial charge in [0.05, 0.1) is 18.3 Å². The molecule has 0 aromatic heterocycles. The normalized spacial score (nSPS) is 25.4. The first kappa shape index (κ1) is 31.8. The molecule has 3 fully saturated rings. The van der Waals surface area contributed by atoms with Gasteiger partial charge >= 0.3 is 5.97 Å². The van der Waals surface area contributed by atoms with Crippen molar-refractivity contribution in [1.29, 1.82) is 0 Å². The summed E-state index contributed by atoms with van der Waals surface area (Å²) in [6.45, 7) is 1.07. The van der Waals surface area contributed by atoms with Crippen LogP contribution in [0.4, 0.5) is 0 Å². The van der Waals surface area contributed by atoms with Gasteiger partial charge in [-0.3, -0.25) is 14.4 Å². The Morgan fingerprint density at radius 1 is 1.09 bits per heavy atom. The number of aliphatic hydroxyl groups is 2. The van der Waals surface area contributed by atoms with E-state index in [0.29, 0.717) is 5.56 Å². The Morgan fingerprint density at radius 3 is 2.32 bits per heavy atom. The molecule has 44 heavy (non-hydrogen) atoms. The van der Waals surface area contributed by atoms with Crippen molar-refractivity contribution in [3.05, 3.63) is 53.1 Å². The van der Waals surface area contributed by atoms with E-state index in [4.69, 9.17) is 19.3 Å². The summed E-state index contributed by atoms with van der Waals surface area (Å²) >= 11 is 0. The van der Waals surface area contributed by atoms with E-state index in [9.17, 15) is 24.3 Å². The Kier molecular flexibility index (Phi) is 9.54. The molecule has 1 aliphatic heterocycles. The number of aliphatic hydroxyl groups excluding tert-OH is 2. The number of esters is 1. The molecule has 1 aromatic rings. The highest BCUT2D eigenvalue weighted by Crippen LogP contribution is 2.59. The number of carbonyl (C=O) groups excluding carboxylic acids is 4. The highest BCUT2D eigenvalue weighted by molar-refractivity contribution is 5.98. The average Bonchev–Trinajstić information content (AvgIpc) is 3.94. The van der Waals surface area contributed by atoms with Crippen LogP contribution in [0.5, 0.6) is 0 Å². The summed E-state index contributed by atoms with van der Waals surface area (Å²) < 4.78 is 19.2. The fourth-order valence-electron chi connectivity index (χ4n) is 5.75. The maximum atomic E-state index is 13.4. The minimum absolute atomic E-state index is 0.0196. The van der Waals surface area contributed by atoms with E-state index in [-0.39, 0.29) is 42.9 Å². The topological polar surface area (TPSA) is 164 Å². The van der Waals surface area contributed by atoms with Crippen molar-refractivity contribution in [3.63, 3.8) is 0 Å². The zero-order valence-electron chi connectivity index (χ0n) is 25.2. The maximum Gasteiger partial charge on any atom is 0.338 e. The molecular weight excluding hydrogens is 570 g/mol. The smallest absolute Gasteiger partial charge is 0.338 e. The second-order valence-corrected chi connectivity index (χ2v) is 12.2. The van der Waals surface area contributed by atoms with Gasteiger partial charge in [0.25, 0.3) is 0 Å². The van der Waals surface area contributed by atoms with E-state index in [2.05, 4.69) is 10.6 Å². The van der Waals surface area contributed by atoms with Gasteiger partial charge < -0.3 is 40.0 Å². The minimum atomic E-state index is -1.26. The molecule has 1 saturated heterocycles. The van der Waals surface area contributed by atoms with Crippen molar-refractivity contribution < 1.29 is 43.6 Å². The Morgan fingerprint density at radius 2 is 1.75 bits per heavy atom. The van der Waals surface area contributed by atoms with Crippen LogP contribution >= 0.6 is 0 Å². The summed E-state index contributed by atoms with van der Waals surface area (Å²) in [6.07, 6.45) is 5.43. The zero-order valence-corrected chi connectivity index (χ0v) is 25.2. The fraction of sp³-hybridized carbons (Fsp3) is 0.562. The molecule has 0 spiro atoms. The summed E-state index contributed by atoms with van der Waals surface area (Å²) in [5.74, 6) is -2.27. The van der Waals surface area contributed by atoms with Gasteiger partial charge in [-0.1, -0.05) is 12.1 Å². The second-order valence-electron chi connectivity index (χ2n) is 12.2. The monoisotopic (exact) mass is 611 g/mol. The van der Waals surface area contributed by atoms with Gasteiger partial charge in [-0.15, -0.1) is 0 Å². The van der Waals surface area contributed by atoms with Gasteiger partial charge in [0.15, 0.2) is 5.79 Å². The predicted octanol–water partition coefficient (Wildman–Crippen LogP) is 0.918. The molecule has 3 amide bonds. The number of hydrogen-bond acceptors (Lipinski definition) is 9. The molecule has 3 aliphatic carbocycles. The summed E-state index contributed by atoms with van der Waals surface area (Å²) in [4.78, 5) is 52.6. The zero-order chi connectivity index (χ0) is 31.6. The van der Waals surface area contributed by atoms with Crippen LogP contribution in [-0.4, -0.2) is 102 Å². The number of likely N-dealkylation sites (N-methyl/N-ethyl adjacent to an activating group) is 1. The van der Waals surface area contributed by atoms with Crippen molar-refractivity contribution >= 4 is 29.8 Å². The Labute approximate surface area is 256 Å². The molecule has 0 bridgehead atoms. The Balaban J connectivity index is 1.34. The molecule has 1 heterocycles. The SMILES string of the molecule is C[C@H](O)[C@@H](NC(=O)C1=C[C@H]2OC(C3CC3)(C3CC3)O[C@H]2[C@H](OC(=O)c2ccc(C=CC(=O)N(C)C)cc2)C1)C(=O)NCCO. The molecule has 1 aromatic carbocycles. The molecule has 0 radical (unpaired) electrons. The number of carbonyl (C=O) groups is 4. The first-order valence-corrected chi connectivity index (χ1v) is 15.2.